The van der Waals surface area contributed by atoms with Crippen LogP contribution in [0.25, 0.3) is 0 Å². The summed E-state index contributed by atoms with van der Waals surface area (Å²) in [5, 5.41) is 3.18. The molecular weight excluding hydrogens is 252 g/mol. The number of halogens is 1. The molecule has 5 nitrogen and oxygen atoms in total. The molecule has 1 rings (SSSR count). The summed E-state index contributed by atoms with van der Waals surface area (Å²) in [5.74, 6) is 6.32. The van der Waals surface area contributed by atoms with Crippen molar-refractivity contribution in [2.75, 3.05) is 12.0 Å². The fraction of sp³-hybridized carbons (Fsp3) is 0.500. The van der Waals surface area contributed by atoms with Crippen LogP contribution in [0.3, 0.4) is 0 Å². The Hall–Kier alpha value is -1.33. The fourth-order valence-electron chi connectivity index (χ4n) is 1.26. The number of aromatic nitrogens is 1. The van der Waals surface area contributed by atoms with E-state index in [0.29, 0.717) is 34.8 Å². The lowest BCUT2D eigenvalue weighted by atomic mass is 9.98. The van der Waals surface area contributed by atoms with Crippen molar-refractivity contribution in [2.24, 2.45) is 17.7 Å². The van der Waals surface area contributed by atoms with Crippen LogP contribution in [0.4, 0.5) is 5.82 Å². The number of nitrogen functional groups attached to an aromatic ring is 1. The summed E-state index contributed by atoms with van der Waals surface area (Å²) in [4.78, 5) is 15.8. The van der Waals surface area contributed by atoms with E-state index in [2.05, 4.69) is 36.5 Å². The zero-order chi connectivity index (χ0) is 13.7. The third-order valence-corrected chi connectivity index (χ3v) is 3.25. The molecule has 1 amide bonds. The van der Waals surface area contributed by atoms with Crippen LogP contribution in [0.5, 0.6) is 0 Å². The number of hydrogen-bond donors (Lipinski definition) is 3. The molecule has 0 saturated carbocycles. The van der Waals surface area contributed by atoms with Crippen molar-refractivity contribution in [3.63, 3.8) is 0 Å². The molecule has 4 N–H and O–H groups in total. The van der Waals surface area contributed by atoms with Gasteiger partial charge in [0.25, 0.3) is 5.91 Å². The van der Waals surface area contributed by atoms with E-state index >= 15 is 0 Å². The highest BCUT2D eigenvalue weighted by atomic mass is 35.5. The summed E-state index contributed by atoms with van der Waals surface area (Å²) >= 11 is 5.90. The Balaban J connectivity index is 2.65. The maximum atomic E-state index is 11.9. The van der Waals surface area contributed by atoms with Gasteiger partial charge in [-0.3, -0.25) is 4.79 Å². The minimum Gasteiger partial charge on any atom is -0.352 e. The molecule has 6 heteroatoms. The molecule has 100 valence electrons. The fourth-order valence-corrected chi connectivity index (χ4v) is 1.48. The number of nitrogens with one attached hydrogen (secondary N) is 2. The Morgan fingerprint density at radius 1 is 1.50 bits per heavy atom. The normalized spacial score (nSPS) is 12.3. The van der Waals surface area contributed by atoms with Gasteiger partial charge in [0.2, 0.25) is 0 Å². The molecule has 1 aromatic heterocycles. The van der Waals surface area contributed by atoms with Gasteiger partial charge in [0.1, 0.15) is 0 Å². The van der Waals surface area contributed by atoms with E-state index in [0.717, 1.165) is 0 Å². The molecule has 0 spiro atoms. The Morgan fingerprint density at radius 3 is 2.67 bits per heavy atom. The van der Waals surface area contributed by atoms with Gasteiger partial charge in [-0.05, 0) is 17.9 Å². The molecule has 0 fully saturated rings. The average molecular weight is 271 g/mol. The molecule has 0 aromatic carbocycles. The topological polar surface area (TPSA) is 80.0 Å². The molecule has 0 bridgehead atoms. The molecular formula is C12H19ClN4O. The van der Waals surface area contributed by atoms with Gasteiger partial charge in [-0.25, -0.2) is 10.8 Å². The highest BCUT2D eigenvalue weighted by Gasteiger charge is 2.12. The summed E-state index contributed by atoms with van der Waals surface area (Å²) in [7, 11) is 0. The number of pyridine rings is 1. The van der Waals surface area contributed by atoms with Crippen LogP contribution < -0.4 is 16.6 Å². The maximum Gasteiger partial charge on any atom is 0.252 e. The Kier molecular flexibility index (Phi) is 5.37. The second kappa shape index (κ2) is 6.56. The Bertz CT molecular complexity index is 423. The highest BCUT2D eigenvalue weighted by Crippen LogP contribution is 2.19. The average Bonchev–Trinajstić information content (AvgIpc) is 2.35. The number of carbonyl (C=O) groups excluding carboxylic acids is 1. The van der Waals surface area contributed by atoms with Gasteiger partial charge in [0, 0.05) is 12.7 Å². The van der Waals surface area contributed by atoms with E-state index in [1.807, 2.05) is 0 Å². The van der Waals surface area contributed by atoms with Crippen LogP contribution in [-0.4, -0.2) is 17.4 Å². The molecule has 0 saturated heterocycles. The third kappa shape index (κ3) is 3.85. The first-order valence-electron chi connectivity index (χ1n) is 5.86. The van der Waals surface area contributed by atoms with E-state index in [1.165, 1.54) is 6.20 Å². The van der Waals surface area contributed by atoms with Crippen molar-refractivity contribution in [1.82, 2.24) is 10.3 Å². The first-order valence-corrected chi connectivity index (χ1v) is 6.23. The lowest BCUT2D eigenvalue weighted by Crippen LogP contribution is -2.30. The predicted octanol–water partition coefficient (Wildman–Crippen LogP) is 2.04. The van der Waals surface area contributed by atoms with E-state index in [-0.39, 0.29) is 5.91 Å². The first-order chi connectivity index (χ1) is 8.45. The Labute approximate surface area is 112 Å². The van der Waals surface area contributed by atoms with Crippen LogP contribution in [-0.2, 0) is 0 Å². The molecule has 1 aromatic rings. The zero-order valence-electron chi connectivity index (χ0n) is 10.8. The SMILES string of the molecule is CC(C)C(C)CNC(=O)c1cnc(NN)c(Cl)c1. The van der Waals surface area contributed by atoms with Crippen molar-refractivity contribution < 1.29 is 4.79 Å². The van der Waals surface area contributed by atoms with Crippen LogP contribution >= 0.6 is 11.6 Å². The van der Waals surface area contributed by atoms with Crippen LogP contribution in [0.15, 0.2) is 12.3 Å². The van der Waals surface area contributed by atoms with Crippen LogP contribution in [0.1, 0.15) is 31.1 Å². The van der Waals surface area contributed by atoms with E-state index in [9.17, 15) is 4.79 Å². The van der Waals surface area contributed by atoms with E-state index in [4.69, 9.17) is 17.4 Å². The summed E-state index contributed by atoms with van der Waals surface area (Å²) in [6, 6.07) is 1.54. The number of amides is 1. The third-order valence-electron chi connectivity index (χ3n) is 2.96. The monoisotopic (exact) mass is 270 g/mol. The summed E-state index contributed by atoms with van der Waals surface area (Å²) in [5.41, 5.74) is 2.78. The van der Waals surface area contributed by atoms with E-state index < -0.39 is 0 Å². The van der Waals surface area contributed by atoms with Crippen molar-refractivity contribution >= 4 is 23.3 Å². The van der Waals surface area contributed by atoms with Gasteiger partial charge in [-0.1, -0.05) is 32.4 Å². The molecule has 1 atom stereocenters. The highest BCUT2D eigenvalue weighted by molar-refractivity contribution is 6.33. The van der Waals surface area contributed by atoms with Crippen LogP contribution in [0.2, 0.25) is 5.02 Å². The number of rotatable bonds is 5. The minimum atomic E-state index is -0.180. The number of anilines is 1. The summed E-state index contributed by atoms with van der Waals surface area (Å²) in [6.07, 6.45) is 1.44. The van der Waals surface area contributed by atoms with Gasteiger partial charge in [-0.2, -0.15) is 0 Å². The van der Waals surface area contributed by atoms with E-state index in [1.54, 1.807) is 6.07 Å². The smallest absolute Gasteiger partial charge is 0.252 e. The van der Waals surface area contributed by atoms with Gasteiger partial charge >= 0.3 is 0 Å². The number of hydrogen-bond acceptors (Lipinski definition) is 4. The minimum absolute atomic E-state index is 0.180. The second-order valence-corrected chi connectivity index (χ2v) is 5.04. The number of nitrogens with zero attached hydrogens (tertiary/aromatic N) is 1. The molecule has 0 radical (unpaired) electrons. The number of carbonyl (C=O) groups is 1. The van der Waals surface area contributed by atoms with Gasteiger partial charge in [0.15, 0.2) is 5.82 Å². The van der Waals surface area contributed by atoms with Gasteiger partial charge < -0.3 is 10.7 Å². The molecule has 18 heavy (non-hydrogen) atoms. The summed E-state index contributed by atoms with van der Waals surface area (Å²) < 4.78 is 0. The zero-order valence-corrected chi connectivity index (χ0v) is 11.6. The number of hydrazine groups is 1. The molecule has 0 aliphatic heterocycles. The largest absolute Gasteiger partial charge is 0.352 e. The van der Waals surface area contributed by atoms with Gasteiger partial charge in [0.05, 0.1) is 10.6 Å². The quantitative estimate of drug-likeness (QED) is 0.565. The number of nitrogens with two attached hydrogens (primary N) is 1. The van der Waals surface area contributed by atoms with Crippen molar-refractivity contribution in [3.05, 3.63) is 22.8 Å². The molecule has 0 aliphatic carbocycles. The first kappa shape index (κ1) is 14.7. The lowest BCUT2D eigenvalue weighted by Gasteiger charge is -2.16. The molecule has 1 heterocycles. The van der Waals surface area contributed by atoms with Gasteiger partial charge in [-0.15, -0.1) is 0 Å². The molecule has 1 unspecified atom stereocenters. The van der Waals surface area contributed by atoms with Crippen molar-refractivity contribution in [2.45, 2.75) is 20.8 Å². The van der Waals surface area contributed by atoms with Crippen molar-refractivity contribution in [1.29, 1.82) is 0 Å². The van der Waals surface area contributed by atoms with Crippen molar-refractivity contribution in [3.8, 4) is 0 Å². The standard InChI is InChI=1S/C12H19ClN4O/c1-7(2)8(3)5-16-12(18)9-4-10(13)11(17-14)15-6-9/h4,6-8H,5,14H2,1-3H3,(H,15,17)(H,16,18). The summed E-state index contributed by atoms with van der Waals surface area (Å²) in [6.45, 7) is 6.97. The Morgan fingerprint density at radius 2 is 2.17 bits per heavy atom. The second-order valence-electron chi connectivity index (χ2n) is 4.63. The lowest BCUT2D eigenvalue weighted by molar-refractivity contribution is 0.0944. The molecule has 0 aliphatic rings. The predicted molar refractivity (Wildman–Crippen MR) is 73.4 cm³/mol. The van der Waals surface area contributed by atoms with Crippen LogP contribution in [0, 0.1) is 11.8 Å². The maximum absolute atomic E-state index is 11.9.